The molecule has 0 radical (unpaired) electrons. The Morgan fingerprint density at radius 3 is 2.30 bits per heavy atom. The topological polar surface area (TPSA) is 66.0 Å². The molecule has 3 aromatic carbocycles. The molecule has 6 nitrogen and oxygen atoms in total. The van der Waals surface area contributed by atoms with Gasteiger partial charge >= 0.3 is 0 Å². The van der Waals surface area contributed by atoms with E-state index in [0.29, 0.717) is 39.3 Å². The fourth-order valence-corrected chi connectivity index (χ4v) is 3.05. The van der Waals surface area contributed by atoms with E-state index in [1.807, 2.05) is 12.1 Å². The number of ether oxygens (including phenoxy) is 4. The summed E-state index contributed by atoms with van der Waals surface area (Å²) in [7, 11) is 4.67. The highest BCUT2D eigenvalue weighted by molar-refractivity contribution is 6.30. The molecule has 0 aliphatic carbocycles. The molecular formula is C23H22ClNO5. The van der Waals surface area contributed by atoms with E-state index in [0.717, 1.165) is 5.56 Å². The van der Waals surface area contributed by atoms with Gasteiger partial charge in [0, 0.05) is 27.9 Å². The SMILES string of the molecule is COc1ccc(C(=O)Nc2ccc(OC)c(OC)c2)cc1COc1cccc(Cl)c1. The largest absolute Gasteiger partial charge is 0.496 e. The second kappa shape index (κ2) is 9.89. The number of benzene rings is 3. The van der Waals surface area contributed by atoms with Crippen LogP contribution in [0.2, 0.25) is 5.02 Å². The van der Waals surface area contributed by atoms with Gasteiger partial charge in [0.1, 0.15) is 18.1 Å². The highest BCUT2D eigenvalue weighted by Gasteiger charge is 2.13. The van der Waals surface area contributed by atoms with Gasteiger partial charge in [0.25, 0.3) is 5.91 Å². The van der Waals surface area contributed by atoms with Crippen LogP contribution in [0.1, 0.15) is 15.9 Å². The zero-order chi connectivity index (χ0) is 21.5. The second-order valence-corrected chi connectivity index (χ2v) is 6.73. The van der Waals surface area contributed by atoms with Crippen molar-refractivity contribution in [2.24, 2.45) is 0 Å². The summed E-state index contributed by atoms with van der Waals surface area (Å²) in [6, 6.07) is 17.4. The van der Waals surface area contributed by atoms with Gasteiger partial charge in [0.2, 0.25) is 0 Å². The monoisotopic (exact) mass is 427 g/mol. The molecule has 0 unspecified atom stereocenters. The Bertz CT molecular complexity index is 1040. The summed E-state index contributed by atoms with van der Waals surface area (Å²) in [6.07, 6.45) is 0. The van der Waals surface area contributed by atoms with Crippen molar-refractivity contribution in [3.05, 3.63) is 76.8 Å². The van der Waals surface area contributed by atoms with Gasteiger partial charge in [-0.25, -0.2) is 0 Å². The zero-order valence-electron chi connectivity index (χ0n) is 16.9. The summed E-state index contributed by atoms with van der Waals surface area (Å²) in [5.74, 6) is 2.10. The molecule has 3 rings (SSSR count). The van der Waals surface area contributed by atoms with Crippen molar-refractivity contribution in [1.29, 1.82) is 0 Å². The number of hydrogen-bond donors (Lipinski definition) is 1. The zero-order valence-corrected chi connectivity index (χ0v) is 17.7. The summed E-state index contributed by atoms with van der Waals surface area (Å²) in [5, 5.41) is 3.44. The molecule has 1 N–H and O–H groups in total. The molecule has 0 saturated carbocycles. The van der Waals surface area contributed by atoms with E-state index in [9.17, 15) is 4.79 Å². The third kappa shape index (κ3) is 5.15. The molecule has 0 aliphatic rings. The molecule has 156 valence electrons. The van der Waals surface area contributed by atoms with E-state index in [1.54, 1.807) is 69.9 Å². The summed E-state index contributed by atoms with van der Waals surface area (Å²) < 4.78 is 21.7. The van der Waals surface area contributed by atoms with Crippen molar-refractivity contribution < 1.29 is 23.7 Å². The van der Waals surface area contributed by atoms with E-state index in [-0.39, 0.29) is 12.5 Å². The van der Waals surface area contributed by atoms with E-state index in [1.165, 1.54) is 0 Å². The van der Waals surface area contributed by atoms with E-state index in [4.69, 9.17) is 30.5 Å². The van der Waals surface area contributed by atoms with Crippen LogP contribution in [0.3, 0.4) is 0 Å². The predicted molar refractivity (Wildman–Crippen MR) is 116 cm³/mol. The van der Waals surface area contributed by atoms with Crippen LogP contribution in [0.25, 0.3) is 0 Å². The Labute approximate surface area is 180 Å². The Hall–Kier alpha value is -3.38. The van der Waals surface area contributed by atoms with Gasteiger partial charge in [-0.1, -0.05) is 17.7 Å². The third-order valence-electron chi connectivity index (χ3n) is 4.37. The standard InChI is InChI=1S/C23H22ClNO5/c1-27-20-9-7-15(11-16(20)14-30-19-6-4-5-17(24)12-19)23(26)25-18-8-10-21(28-2)22(13-18)29-3/h4-13H,14H2,1-3H3,(H,25,26). The number of methoxy groups -OCH3 is 3. The average molecular weight is 428 g/mol. The predicted octanol–water partition coefficient (Wildman–Crippen LogP) is 5.20. The van der Waals surface area contributed by atoms with Crippen molar-refractivity contribution in [3.8, 4) is 23.0 Å². The molecule has 0 heterocycles. The van der Waals surface area contributed by atoms with Crippen molar-refractivity contribution >= 4 is 23.2 Å². The number of hydrogen-bond acceptors (Lipinski definition) is 5. The first-order chi connectivity index (χ1) is 14.5. The van der Waals surface area contributed by atoms with Gasteiger partial charge in [-0.3, -0.25) is 4.79 Å². The van der Waals surface area contributed by atoms with Crippen molar-refractivity contribution in [2.45, 2.75) is 6.61 Å². The minimum absolute atomic E-state index is 0.223. The smallest absolute Gasteiger partial charge is 0.255 e. The van der Waals surface area contributed by atoms with Gasteiger partial charge in [0.05, 0.1) is 21.3 Å². The minimum atomic E-state index is -0.270. The molecule has 0 bridgehead atoms. The number of nitrogens with one attached hydrogen (secondary N) is 1. The molecule has 0 fully saturated rings. The first kappa shape index (κ1) is 21.3. The second-order valence-electron chi connectivity index (χ2n) is 6.30. The summed E-state index contributed by atoms with van der Waals surface area (Å²) in [4.78, 5) is 12.8. The average Bonchev–Trinajstić information content (AvgIpc) is 2.77. The molecule has 0 spiro atoms. The van der Waals surface area contributed by atoms with Gasteiger partial charge in [-0.2, -0.15) is 0 Å². The number of rotatable bonds is 8. The van der Waals surface area contributed by atoms with Crippen LogP contribution in [0.4, 0.5) is 5.69 Å². The maximum atomic E-state index is 12.8. The lowest BCUT2D eigenvalue weighted by Gasteiger charge is -2.13. The lowest BCUT2D eigenvalue weighted by molar-refractivity contribution is 0.102. The number of amides is 1. The summed E-state index contributed by atoms with van der Waals surface area (Å²) in [5.41, 5.74) is 1.79. The Balaban J connectivity index is 1.77. The number of halogens is 1. The maximum Gasteiger partial charge on any atom is 0.255 e. The fourth-order valence-electron chi connectivity index (χ4n) is 2.87. The van der Waals surface area contributed by atoms with Crippen molar-refractivity contribution in [2.75, 3.05) is 26.6 Å². The number of carbonyl (C=O) groups is 1. The van der Waals surface area contributed by atoms with E-state index >= 15 is 0 Å². The van der Waals surface area contributed by atoms with Crippen molar-refractivity contribution in [3.63, 3.8) is 0 Å². The Morgan fingerprint density at radius 2 is 1.60 bits per heavy atom. The van der Waals surface area contributed by atoms with Gasteiger partial charge in [-0.05, 0) is 48.5 Å². The molecule has 30 heavy (non-hydrogen) atoms. The molecule has 0 saturated heterocycles. The Morgan fingerprint density at radius 1 is 0.867 bits per heavy atom. The molecule has 3 aromatic rings. The van der Waals surface area contributed by atoms with Crippen LogP contribution in [0.5, 0.6) is 23.0 Å². The van der Waals surface area contributed by atoms with Gasteiger partial charge < -0.3 is 24.3 Å². The molecule has 0 aliphatic heterocycles. The van der Waals surface area contributed by atoms with Crippen molar-refractivity contribution in [1.82, 2.24) is 0 Å². The molecule has 7 heteroatoms. The first-order valence-corrected chi connectivity index (χ1v) is 9.50. The normalized spacial score (nSPS) is 10.3. The van der Waals surface area contributed by atoms with E-state index in [2.05, 4.69) is 5.32 Å². The van der Waals surface area contributed by atoms with Crippen LogP contribution in [-0.2, 0) is 6.61 Å². The van der Waals surface area contributed by atoms with Crippen LogP contribution in [-0.4, -0.2) is 27.2 Å². The highest BCUT2D eigenvalue weighted by Crippen LogP contribution is 2.30. The van der Waals surface area contributed by atoms with Crippen LogP contribution >= 0.6 is 11.6 Å². The number of carbonyl (C=O) groups excluding carboxylic acids is 1. The number of anilines is 1. The van der Waals surface area contributed by atoms with Gasteiger partial charge in [-0.15, -0.1) is 0 Å². The summed E-state index contributed by atoms with van der Waals surface area (Å²) >= 11 is 6.00. The lowest BCUT2D eigenvalue weighted by atomic mass is 10.1. The maximum absolute atomic E-state index is 12.8. The van der Waals surface area contributed by atoms with E-state index < -0.39 is 0 Å². The minimum Gasteiger partial charge on any atom is -0.496 e. The van der Waals surface area contributed by atoms with Crippen LogP contribution in [0, 0.1) is 0 Å². The van der Waals surface area contributed by atoms with Gasteiger partial charge in [0.15, 0.2) is 11.5 Å². The van der Waals surface area contributed by atoms with Crippen LogP contribution < -0.4 is 24.3 Å². The third-order valence-corrected chi connectivity index (χ3v) is 4.61. The lowest BCUT2D eigenvalue weighted by Crippen LogP contribution is -2.13. The first-order valence-electron chi connectivity index (χ1n) is 9.12. The quantitative estimate of drug-likeness (QED) is 0.535. The summed E-state index contributed by atoms with van der Waals surface area (Å²) in [6.45, 7) is 0.223. The molecule has 0 aromatic heterocycles. The molecular weight excluding hydrogens is 406 g/mol. The fraction of sp³-hybridized carbons (Fsp3) is 0.174. The Kier molecular flexibility index (Phi) is 7.03. The highest BCUT2D eigenvalue weighted by atomic mass is 35.5. The molecule has 0 atom stereocenters. The van der Waals surface area contributed by atoms with Crippen LogP contribution in [0.15, 0.2) is 60.7 Å². The molecule has 1 amide bonds.